The molecular weight excluding hydrogens is 402 g/mol. The molecule has 5 nitrogen and oxygen atoms in total. The maximum Gasteiger partial charge on any atom is 0.333 e. The van der Waals surface area contributed by atoms with Gasteiger partial charge in [0.2, 0.25) is 0 Å². The standard InChI is InChI=1S/C27H31NO4/c1-6-19-9-11-21(22(7-2)28-19)26-14-18-8-10-20(15-25(18)31-26)30-23-12-13-24(17(23)5)32-27(29)16(3)4/h8-11,14-15,17,23-24H,3,6-7,12-13H2,1-2,4-5H3. The summed E-state index contributed by atoms with van der Waals surface area (Å²) in [6, 6.07) is 12.2. The smallest absolute Gasteiger partial charge is 0.333 e. The summed E-state index contributed by atoms with van der Waals surface area (Å²) < 4.78 is 18.0. The molecule has 0 bridgehead atoms. The van der Waals surface area contributed by atoms with E-state index in [0.29, 0.717) is 5.57 Å². The molecule has 0 N–H and O–H groups in total. The number of fused-ring (bicyclic) bond motifs is 1. The van der Waals surface area contributed by atoms with Crippen LogP contribution in [0.15, 0.2) is 53.0 Å². The van der Waals surface area contributed by atoms with Crippen LogP contribution >= 0.6 is 0 Å². The molecule has 3 unspecified atom stereocenters. The topological polar surface area (TPSA) is 61.6 Å². The minimum atomic E-state index is -0.333. The third kappa shape index (κ3) is 4.43. The highest BCUT2D eigenvalue weighted by atomic mass is 16.5. The summed E-state index contributed by atoms with van der Waals surface area (Å²) in [7, 11) is 0. The van der Waals surface area contributed by atoms with Gasteiger partial charge in [0.05, 0.1) is 5.69 Å². The van der Waals surface area contributed by atoms with Gasteiger partial charge in [-0.15, -0.1) is 0 Å². The minimum Gasteiger partial charge on any atom is -0.490 e. The minimum absolute atomic E-state index is 0.0118. The molecule has 0 radical (unpaired) electrons. The van der Waals surface area contributed by atoms with E-state index in [9.17, 15) is 4.79 Å². The first-order valence-electron chi connectivity index (χ1n) is 11.5. The number of esters is 1. The van der Waals surface area contributed by atoms with Gasteiger partial charge in [0.15, 0.2) is 0 Å². The average Bonchev–Trinajstić information content (AvgIpc) is 3.36. The van der Waals surface area contributed by atoms with Crippen LogP contribution in [-0.2, 0) is 22.4 Å². The number of aryl methyl sites for hydroxylation is 2. The van der Waals surface area contributed by atoms with E-state index in [1.165, 1.54) is 0 Å². The third-order valence-corrected chi connectivity index (χ3v) is 6.29. The summed E-state index contributed by atoms with van der Waals surface area (Å²) in [4.78, 5) is 16.6. The molecule has 1 aliphatic rings. The van der Waals surface area contributed by atoms with Crippen LogP contribution in [0.25, 0.3) is 22.3 Å². The molecule has 0 aliphatic heterocycles. The van der Waals surface area contributed by atoms with Gasteiger partial charge in [-0.2, -0.15) is 0 Å². The number of nitrogens with zero attached hydrogens (tertiary/aromatic N) is 1. The molecule has 2 aromatic heterocycles. The van der Waals surface area contributed by atoms with Crippen LogP contribution in [0, 0.1) is 5.92 Å². The van der Waals surface area contributed by atoms with Crippen molar-refractivity contribution in [3.8, 4) is 17.1 Å². The number of hydrogen-bond donors (Lipinski definition) is 0. The molecule has 1 fully saturated rings. The zero-order valence-electron chi connectivity index (χ0n) is 19.3. The van der Waals surface area contributed by atoms with Crippen LogP contribution in [-0.4, -0.2) is 23.2 Å². The van der Waals surface area contributed by atoms with Crippen molar-refractivity contribution in [3.63, 3.8) is 0 Å². The summed E-state index contributed by atoms with van der Waals surface area (Å²) in [6.07, 6.45) is 3.24. The Kier molecular flexibility index (Phi) is 6.35. The summed E-state index contributed by atoms with van der Waals surface area (Å²) in [5.41, 5.74) is 4.39. The van der Waals surface area contributed by atoms with Gasteiger partial charge >= 0.3 is 5.97 Å². The highest BCUT2D eigenvalue weighted by Crippen LogP contribution is 2.35. The molecule has 2 heterocycles. The molecule has 32 heavy (non-hydrogen) atoms. The third-order valence-electron chi connectivity index (χ3n) is 6.29. The van der Waals surface area contributed by atoms with E-state index in [0.717, 1.165) is 65.1 Å². The molecule has 4 rings (SSSR count). The van der Waals surface area contributed by atoms with Gasteiger partial charge in [-0.1, -0.05) is 27.4 Å². The maximum atomic E-state index is 11.9. The lowest BCUT2D eigenvalue weighted by molar-refractivity contribution is -0.146. The highest BCUT2D eigenvalue weighted by Gasteiger charge is 2.37. The van der Waals surface area contributed by atoms with E-state index in [1.807, 2.05) is 18.2 Å². The fraction of sp³-hybridized carbons (Fsp3) is 0.407. The first-order valence-corrected chi connectivity index (χ1v) is 11.5. The predicted octanol–water partition coefficient (Wildman–Crippen LogP) is 6.28. The van der Waals surface area contributed by atoms with Crippen molar-refractivity contribution in [2.75, 3.05) is 0 Å². The van der Waals surface area contributed by atoms with E-state index in [1.54, 1.807) is 6.92 Å². The molecule has 1 saturated carbocycles. The van der Waals surface area contributed by atoms with Gasteiger partial charge in [0.25, 0.3) is 0 Å². The molecule has 1 aliphatic carbocycles. The van der Waals surface area contributed by atoms with Crippen molar-refractivity contribution in [3.05, 3.63) is 59.9 Å². The second-order valence-electron chi connectivity index (χ2n) is 8.63. The number of ether oxygens (including phenoxy) is 2. The lowest BCUT2D eigenvalue weighted by Gasteiger charge is -2.22. The number of hydrogen-bond acceptors (Lipinski definition) is 5. The Morgan fingerprint density at radius 3 is 2.62 bits per heavy atom. The van der Waals surface area contributed by atoms with Crippen molar-refractivity contribution in [1.29, 1.82) is 0 Å². The van der Waals surface area contributed by atoms with Crippen LogP contribution in [0.4, 0.5) is 0 Å². The molecule has 5 heteroatoms. The van der Waals surface area contributed by atoms with E-state index in [-0.39, 0.29) is 24.1 Å². The van der Waals surface area contributed by atoms with E-state index < -0.39 is 0 Å². The summed E-state index contributed by atoms with van der Waals surface area (Å²) >= 11 is 0. The zero-order valence-corrected chi connectivity index (χ0v) is 19.3. The molecule has 3 aromatic rings. The SMILES string of the molecule is C=C(C)C(=O)OC1CCC(Oc2ccc3cc(-c4ccc(CC)nc4CC)oc3c2)C1C. The summed E-state index contributed by atoms with van der Waals surface area (Å²) in [5, 5.41) is 1.03. The van der Waals surface area contributed by atoms with Gasteiger partial charge in [0.1, 0.15) is 29.3 Å². The monoisotopic (exact) mass is 433 g/mol. The van der Waals surface area contributed by atoms with Crippen molar-refractivity contribution >= 4 is 16.9 Å². The van der Waals surface area contributed by atoms with Crippen molar-refractivity contribution in [2.24, 2.45) is 5.92 Å². The highest BCUT2D eigenvalue weighted by molar-refractivity contribution is 5.87. The largest absolute Gasteiger partial charge is 0.490 e. The van der Waals surface area contributed by atoms with Gasteiger partial charge in [-0.25, -0.2) is 4.79 Å². The molecular formula is C27H31NO4. The van der Waals surface area contributed by atoms with Gasteiger partial charge in [-0.3, -0.25) is 4.98 Å². The number of benzene rings is 1. The Hall–Kier alpha value is -3.08. The first kappa shape index (κ1) is 22.1. The van der Waals surface area contributed by atoms with Crippen molar-refractivity contribution in [2.45, 2.75) is 65.6 Å². The second kappa shape index (κ2) is 9.19. The lowest BCUT2D eigenvalue weighted by atomic mass is 10.1. The average molecular weight is 434 g/mol. The Labute approximate surface area is 189 Å². The van der Waals surface area contributed by atoms with Gasteiger partial charge < -0.3 is 13.9 Å². The Balaban J connectivity index is 1.52. The molecule has 0 saturated heterocycles. The van der Waals surface area contributed by atoms with Crippen LogP contribution in [0.1, 0.15) is 51.9 Å². The lowest BCUT2D eigenvalue weighted by Crippen LogP contribution is -2.28. The second-order valence-corrected chi connectivity index (χ2v) is 8.63. The van der Waals surface area contributed by atoms with Crippen LogP contribution in [0.3, 0.4) is 0 Å². The normalized spacial score (nSPS) is 20.4. The Morgan fingerprint density at radius 1 is 1.12 bits per heavy atom. The van der Waals surface area contributed by atoms with E-state index in [4.69, 9.17) is 18.9 Å². The van der Waals surface area contributed by atoms with Crippen molar-refractivity contribution in [1.82, 2.24) is 4.98 Å². The zero-order chi connectivity index (χ0) is 22.8. The molecule has 1 aromatic carbocycles. The van der Waals surface area contributed by atoms with Gasteiger partial charge in [0, 0.05) is 34.2 Å². The van der Waals surface area contributed by atoms with E-state index >= 15 is 0 Å². The summed E-state index contributed by atoms with van der Waals surface area (Å²) in [5.74, 6) is 1.36. The number of aromatic nitrogens is 1. The first-order chi connectivity index (χ1) is 15.4. The fourth-order valence-corrected chi connectivity index (χ4v) is 4.29. The number of furan rings is 1. The van der Waals surface area contributed by atoms with Crippen molar-refractivity contribution < 1.29 is 18.7 Å². The number of carbonyl (C=O) groups is 1. The Bertz CT molecular complexity index is 1150. The molecule has 0 spiro atoms. The molecule has 0 amide bonds. The number of pyridine rings is 1. The number of rotatable bonds is 7. The van der Waals surface area contributed by atoms with E-state index in [2.05, 4.69) is 45.5 Å². The Morgan fingerprint density at radius 2 is 1.91 bits per heavy atom. The van der Waals surface area contributed by atoms with Gasteiger partial charge in [-0.05, 0) is 62.9 Å². The molecule has 168 valence electrons. The van der Waals surface area contributed by atoms with Crippen LogP contribution in [0.5, 0.6) is 5.75 Å². The van der Waals surface area contributed by atoms with Crippen LogP contribution < -0.4 is 4.74 Å². The summed E-state index contributed by atoms with van der Waals surface area (Å²) in [6.45, 7) is 11.6. The number of carbonyl (C=O) groups excluding carboxylic acids is 1. The van der Waals surface area contributed by atoms with Crippen LogP contribution in [0.2, 0.25) is 0 Å². The maximum absolute atomic E-state index is 11.9. The quantitative estimate of drug-likeness (QED) is 0.324. The fourth-order valence-electron chi connectivity index (χ4n) is 4.29. The predicted molar refractivity (Wildman–Crippen MR) is 126 cm³/mol. The molecule has 3 atom stereocenters.